The zero-order valence-electron chi connectivity index (χ0n) is 19.4. The quantitative estimate of drug-likeness (QED) is 0.546. The summed E-state index contributed by atoms with van der Waals surface area (Å²) in [6, 6.07) is 17.0. The number of pyridine rings is 1. The molecule has 3 aromatic rings. The van der Waals surface area contributed by atoms with Gasteiger partial charge in [0.05, 0.1) is 24.4 Å². The van der Waals surface area contributed by atoms with Crippen molar-refractivity contribution in [3.8, 4) is 5.69 Å². The largest absolute Gasteiger partial charge is 0.383 e. The van der Waals surface area contributed by atoms with E-state index in [1.165, 1.54) is 22.6 Å². The Morgan fingerprint density at radius 1 is 1.12 bits per heavy atom. The molecule has 1 fully saturated rings. The number of anilines is 1. The molecule has 0 amide bonds. The van der Waals surface area contributed by atoms with Gasteiger partial charge in [-0.3, -0.25) is 4.98 Å². The van der Waals surface area contributed by atoms with Gasteiger partial charge in [-0.2, -0.15) is 0 Å². The van der Waals surface area contributed by atoms with Crippen molar-refractivity contribution in [3.05, 3.63) is 77.4 Å². The number of rotatable bonds is 7. The number of thiocarbonyl (C=S) groups is 1. The van der Waals surface area contributed by atoms with Crippen LogP contribution in [-0.2, 0) is 4.74 Å². The molecule has 2 atom stereocenters. The molecule has 2 unspecified atom stereocenters. The summed E-state index contributed by atoms with van der Waals surface area (Å²) >= 11 is 5.74. The predicted molar refractivity (Wildman–Crippen MR) is 134 cm³/mol. The van der Waals surface area contributed by atoms with E-state index < -0.39 is 0 Å². The number of nitrogens with one attached hydrogen (secondary N) is 1. The summed E-state index contributed by atoms with van der Waals surface area (Å²) in [7, 11) is 5.84. The molecule has 0 bridgehead atoms. The topological polar surface area (TPSA) is 45.6 Å². The van der Waals surface area contributed by atoms with Crippen molar-refractivity contribution >= 4 is 23.0 Å². The summed E-state index contributed by atoms with van der Waals surface area (Å²) in [6.07, 6.45) is 1.84. The van der Waals surface area contributed by atoms with Crippen LogP contribution in [0.4, 0.5) is 5.69 Å². The lowest BCUT2D eigenvalue weighted by atomic mass is 9.97. The van der Waals surface area contributed by atoms with Crippen molar-refractivity contribution in [3.63, 3.8) is 0 Å². The first-order valence-electron chi connectivity index (χ1n) is 10.9. The first-order chi connectivity index (χ1) is 15.4. The Bertz CT molecular complexity index is 1080. The molecule has 0 saturated carbocycles. The van der Waals surface area contributed by atoms with E-state index in [9.17, 15) is 0 Å². The molecule has 168 valence electrons. The van der Waals surface area contributed by atoms with E-state index in [1.54, 1.807) is 7.11 Å². The fraction of sp³-hybridized carbons (Fsp3) is 0.360. The van der Waals surface area contributed by atoms with Gasteiger partial charge in [-0.05, 0) is 74.1 Å². The van der Waals surface area contributed by atoms with Gasteiger partial charge in [0.15, 0.2) is 5.11 Å². The van der Waals surface area contributed by atoms with Crippen LogP contribution in [0.15, 0.2) is 54.7 Å². The Morgan fingerprint density at radius 3 is 2.50 bits per heavy atom. The number of nitrogens with zero attached hydrogens (tertiary/aromatic N) is 4. The van der Waals surface area contributed by atoms with Gasteiger partial charge in [0.1, 0.15) is 0 Å². The molecule has 1 aliphatic rings. The van der Waals surface area contributed by atoms with E-state index in [-0.39, 0.29) is 12.1 Å². The number of aromatic nitrogens is 2. The van der Waals surface area contributed by atoms with Crippen LogP contribution in [-0.4, -0.2) is 53.9 Å². The normalized spacial score (nSPS) is 18.2. The van der Waals surface area contributed by atoms with Crippen LogP contribution in [0, 0.1) is 13.8 Å². The fourth-order valence-corrected chi connectivity index (χ4v) is 4.89. The van der Waals surface area contributed by atoms with Crippen molar-refractivity contribution in [1.29, 1.82) is 0 Å². The van der Waals surface area contributed by atoms with E-state index >= 15 is 0 Å². The summed E-state index contributed by atoms with van der Waals surface area (Å²) in [5, 5.41) is 4.26. The Labute approximate surface area is 195 Å². The molecular weight excluding hydrogens is 418 g/mol. The second-order valence-corrected chi connectivity index (χ2v) is 8.77. The molecule has 0 radical (unpaired) electrons. The van der Waals surface area contributed by atoms with Gasteiger partial charge in [0.2, 0.25) is 0 Å². The highest BCUT2D eigenvalue weighted by Crippen LogP contribution is 2.41. The Hall–Kier alpha value is -2.90. The fourth-order valence-electron chi connectivity index (χ4n) is 4.56. The number of aryl methyl sites for hydroxylation is 1. The van der Waals surface area contributed by atoms with E-state index in [1.807, 2.05) is 18.3 Å². The SMILES string of the molecule is COCCN1C(=S)NC(c2ccccn2)C1c1cc(C)n(-c2ccc(N(C)C)cc2)c1C. The molecule has 2 aromatic heterocycles. The van der Waals surface area contributed by atoms with Crippen molar-refractivity contribution < 1.29 is 4.74 Å². The third-order valence-corrected chi connectivity index (χ3v) is 6.50. The van der Waals surface area contributed by atoms with Gasteiger partial charge in [0.25, 0.3) is 0 Å². The molecule has 1 aromatic carbocycles. The Morgan fingerprint density at radius 2 is 1.88 bits per heavy atom. The second kappa shape index (κ2) is 9.30. The zero-order valence-corrected chi connectivity index (χ0v) is 20.2. The van der Waals surface area contributed by atoms with Crippen molar-refractivity contribution in [2.75, 3.05) is 39.3 Å². The van der Waals surface area contributed by atoms with Crippen LogP contribution in [0.2, 0.25) is 0 Å². The van der Waals surface area contributed by atoms with E-state index in [0.29, 0.717) is 6.61 Å². The standard InChI is InChI=1S/C25H31N5OS/c1-17-16-21(18(2)30(17)20-11-9-19(10-12-20)28(3)4)24-23(22-8-6-7-13-26-22)27-25(32)29(24)14-15-31-5/h6-13,16,23-24H,14-15H2,1-5H3,(H,27,32). The highest BCUT2D eigenvalue weighted by Gasteiger charge is 2.41. The molecule has 0 spiro atoms. The number of ether oxygens (including phenoxy) is 1. The maximum absolute atomic E-state index is 5.74. The second-order valence-electron chi connectivity index (χ2n) is 8.39. The Balaban J connectivity index is 1.78. The minimum Gasteiger partial charge on any atom is -0.383 e. The number of methoxy groups -OCH3 is 1. The van der Waals surface area contributed by atoms with Crippen molar-refractivity contribution in [1.82, 2.24) is 19.8 Å². The average molecular weight is 450 g/mol. The third-order valence-electron chi connectivity index (χ3n) is 6.15. The van der Waals surface area contributed by atoms with E-state index in [2.05, 4.69) is 89.0 Å². The highest BCUT2D eigenvalue weighted by atomic mass is 32.1. The van der Waals surface area contributed by atoms with Crippen LogP contribution in [0.1, 0.15) is 34.7 Å². The van der Waals surface area contributed by atoms with E-state index in [0.717, 1.165) is 23.0 Å². The smallest absolute Gasteiger partial charge is 0.170 e. The summed E-state index contributed by atoms with van der Waals surface area (Å²) in [6.45, 7) is 5.68. The summed E-state index contributed by atoms with van der Waals surface area (Å²) < 4.78 is 7.70. The lowest BCUT2D eigenvalue weighted by molar-refractivity contribution is 0.164. The zero-order chi connectivity index (χ0) is 22.8. The van der Waals surface area contributed by atoms with Crippen LogP contribution in [0.3, 0.4) is 0 Å². The van der Waals surface area contributed by atoms with Crippen LogP contribution in [0.5, 0.6) is 0 Å². The number of benzene rings is 1. The molecule has 1 aliphatic heterocycles. The molecule has 1 N–H and O–H groups in total. The number of hydrogen-bond acceptors (Lipinski definition) is 4. The first-order valence-corrected chi connectivity index (χ1v) is 11.3. The van der Waals surface area contributed by atoms with Gasteiger partial charge in [-0.15, -0.1) is 0 Å². The molecular formula is C25H31N5OS. The lowest BCUT2D eigenvalue weighted by Crippen LogP contribution is -2.32. The first kappa shape index (κ1) is 22.3. The van der Waals surface area contributed by atoms with Gasteiger partial charge >= 0.3 is 0 Å². The molecule has 6 nitrogen and oxygen atoms in total. The van der Waals surface area contributed by atoms with Crippen molar-refractivity contribution in [2.45, 2.75) is 25.9 Å². The summed E-state index contributed by atoms with van der Waals surface area (Å²) in [5.74, 6) is 0. The molecule has 3 heterocycles. The van der Waals surface area contributed by atoms with Crippen LogP contribution < -0.4 is 10.2 Å². The monoisotopic (exact) mass is 449 g/mol. The predicted octanol–water partition coefficient (Wildman–Crippen LogP) is 4.17. The average Bonchev–Trinajstić information content (AvgIpc) is 3.27. The molecule has 32 heavy (non-hydrogen) atoms. The summed E-state index contributed by atoms with van der Waals surface area (Å²) in [5.41, 5.74) is 6.98. The lowest BCUT2D eigenvalue weighted by Gasteiger charge is -2.28. The minimum atomic E-state index is -0.0226. The van der Waals surface area contributed by atoms with E-state index in [4.69, 9.17) is 17.0 Å². The summed E-state index contributed by atoms with van der Waals surface area (Å²) in [4.78, 5) is 8.98. The van der Waals surface area contributed by atoms with Crippen LogP contribution >= 0.6 is 12.2 Å². The van der Waals surface area contributed by atoms with Gasteiger partial charge in [-0.25, -0.2) is 0 Å². The van der Waals surface area contributed by atoms with Crippen molar-refractivity contribution in [2.24, 2.45) is 0 Å². The van der Waals surface area contributed by atoms with Gasteiger partial charge in [0, 0.05) is 56.7 Å². The molecule has 0 aliphatic carbocycles. The Kier molecular flexibility index (Phi) is 6.48. The van der Waals surface area contributed by atoms with Crippen LogP contribution in [0.25, 0.3) is 5.69 Å². The number of hydrogen-bond donors (Lipinski definition) is 1. The third kappa shape index (κ3) is 4.10. The highest BCUT2D eigenvalue weighted by molar-refractivity contribution is 7.80. The maximum Gasteiger partial charge on any atom is 0.170 e. The molecule has 4 rings (SSSR count). The van der Waals surface area contributed by atoms with Gasteiger partial charge in [-0.1, -0.05) is 6.07 Å². The molecule has 1 saturated heterocycles. The maximum atomic E-state index is 5.74. The van der Waals surface area contributed by atoms with Gasteiger partial charge < -0.3 is 24.4 Å². The minimum absolute atomic E-state index is 0.0226. The molecule has 7 heteroatoms.